The molecule has 1 aromatic carbocycles. The van der Waals surface area contributed by atoms with E-state index in [1.807, 2.05) is 12.3 Å². The van der Waals surface area contributed by atoms with Crippen LogP contribution in [-0.4, -0.2) is 19.6 Å². The Morgan fingerprint density at radius 2 is 2.23 bits per heavy atom. The maximum Gasteiger partial charge on any atom is 0.148 e. The molecule has 0 bridgehead atoms. The van der Waals surface area contributed by atoms with Gasteiger partial charge in [-0.3, -0.25) is 4.99 Å². The molecule has 1 aliphatic heterocycles. The van der Waals surface area contributed by atoms with Crippen LogP contribution in [0.3, 0.4) is 0 Å². The van der Waals surface area contributed by atoms with Gasteiger partial charge >= 0.3 is 0 Å². The lowest BCUT2D eigenvalue weighted by atomic mass is 10.0. The van der Waals surface area contributed by atoms with Gasteiger partial charge in [0.15, 0.2) is 0 Å². The Labute approximate surface area is 78.3 Å². The van der Waals surface area contributed by atoms with Crippen molar-refractivity contribution in [3.05, 3.63) is 35.4 Å². The zero-order valence-corrected chi connectivity index (χ0v) is 7.73. The Morgan fingerprint density at radius 3 is 3.08 bits per heavy atom. The lowest BCUT2D eigenvalue weighted by Crippen LogP contribution is -2.06. The van der Waals surface area contributed by atoms with E-state index in [2.05, 4.69) is 23.2 Å². The van der Waals surface area contributed by atoms with Gasteiger partial charge in [0.05, 0.1) is 0 Å². The number of benzene rings is 1. The van der Waals surface area contributed by atoms with Crippen LogP contribution >= 0.6 is 0 Å². The predicted octanol–water partition coefficient (Wildman–Crippen LogP) is 2.02. The standard InChI is InChI=1S/C11H13NO/c1-13-11-7-6-9-4-2-3-5-10(9)8-12-11/h2-5,8,11H,6-7H2,1H3. The van der Waals surface area contributed by atoms with Crippen LogP contribution in [0.5, 0.6) is 0 Å². The second-order valence-electron chi connectivity index (χ2n) is 3.21. The molecule has 2 nitrogen and oxygen atoms in total. The van der Waals surface area contributed by atoms with E-state index >= 15 is 0 Å². The highest BCUT2D eigenvalue weighted by atomic mass is 16.5. The molecule has 1 unspecified atom stereocenters. The lowest BCUT2D eigenvalue weighted by molar-refractivity contribution is 0.104. The zero-order chi connectivity index (χ0) is 9.10. The second-order valence-corrected chi connectivity index (χ2v) is 3.21. The lowest BCUT2D eigenvalue weighted by Gasteiger charge is -2.06. The molecule has 13 heavy (non-hydrogen) atoms. The number of aryl methyl sites for hydroxylation is 1. The van der Waals surface area contributed by atoms with Gasteiger partial charge in [0, 0.05) is 13.3 Å². The number of ether oxygens (including phenoxy) is 1. The van der Waals surface area contributed by atoms with Crippen molar-refractivity contribution in [3.63, 3.8) is 0 Å². The van der Waals surface area contributed by atoms with E-state index < -0.39 is 0 Å². The minimum atomic E-state index is 0.0346. The Kier molecular flexibility index (Phi) is 2.41. The largest absolute Gasteiger partial charge is 0.360 e. The van der Waals surface area contributed by atoms with Gasteiger partial charge in [0.1, 0.15) is 6.23 Å². The first-order valence-corrected chi connectivity index (χ1v) is 4.54. The van der Waals surface area contributed by atoms with Gasteiger partial charge in [-0.1, -0.05) is 24.3 Å². The maximum atomic E-state index is 5.20. The predicted molar refractivity (Wildman–Crippen MR) is 53.2 cm³/mol. The third-order valence-electron chi connectivity index (χ3n) is 2.37. The van der Waals surface area contributed by atoms with E-state index in [1.165, 1.54) is 11.1 Å². The third-order valence-corrected chi connectivity index (χ3v) is 2.37. The molecule has 2 heteroatoms. The zero-order valence-electron chi connectivity index (χ0n) is 7.73. The Bertz CT molecular complexity index is 320. The van der Waals surface area contributed by atoms with E-state index in [4.69, 9.17) is 4.74 Å². The van der Waals surface area contributed by atoms with E-state index in [-0.39, 0.29) is 6.23 Å². The van der Waals surface area contributed by atoms with Gasteiger partial charge in [-0.2, -0.15) is 0 Å². The van der Waals surface area contributed by atoms with Crippen LogP contribution in [0.25, 0.3) is 0 Å². The molecular weight excluding hydrogens is 162 g/mol. The minimum Gasteiger partial charge on any atom is -0.360 e. The van der Waals surface area contributed by atoms with Crippen molar-refractivity contribution in [2.45, 2.75) is 19.1 Å². The summed E-state index contributed by atoms with van der Waals surface area (Å²) in [7, 11) is 1.71. The molecule has 0 saturated heterocycles. The number of methoxy groups -OCH3 is 1. The van der Waals surface area contributed by atoms with Crippen LogP contribution in [0.1, 0.15) is 17.5 Å². The van der Waals surface area contributed by atoms with Gasteiger partial charge in [-0.25, -0.2) is 0 Å². The number of nitrogens with zero attached hydrogens (tertiary/aromatic N) is 1. The van der Waals surface area contributed by atoms with E-state index in [0.717, 1.165) is 12.8 Å². The van der Waals surface area contributed by atoms with Crippen molar-refractivity contribution in [2.75, 3.05) is 7.11 Å². The maximum absolute atomic E-state index is 5.20. The fraction of sp³-hybridized carbons (Fsp3) is 0.364. The molecule has 0 radical (unpaired) electrons. The monoisotopic (exact) mass is 175 g/mol. The third kappa shape index (κ3) is 1.78. The number of fused-ring (bicyclic) bond motifs is 1. The quantitative estimate of drug-likeness (QED) is 0.640. The van der Waals surface area contributed by atoms with Gasteiger partial charge in [-0.05, 0) is 24.0 Å². The first-order valence-electron chi connectivity index (χ1n) is 4.54. The summed E-state index contributed by atoms with van der Waals surface area (Å²) in [4.78, 5) is 4.34. The molecule has 1 aromatic rings. The summed E-state index contributed by atoms with van der Waals surface area (Å²) >= 11 is 0. The molecular formula is C11H13NO. The van der Waals surface area contributed by atoms with Crippen molar-refractivity contribution in [1.82, 2.24) is 0 Å². The van der Waals surface area contributed by atoms with E-state index in [9.17, 15) is 0 Å². The molecule has 0 saturated carbocycles. The molecule has 0 amide bonds. The SMILES string of the molecule is COC1CCc2ccccc2C=N1. The van der Waals surface area contributed by atoms with E-state index in [0.29, 0.717) is 0 Å². The summed E-state index contributed by atoms with van der Waals surface area (Å²) in [6, 6.07) is 8.36. The fourth-order valence-corrected chi connectivity index (χ4v) is 1.58. The summed E-state index contributed by atoms with van der Waals surface area (Å²) in [5.74, 6) is 0. The molecule has 1 aliphatic rings. The van der Waals surface area contributed by atoms with Gasteiger partial charge < -0.3 is 4.74 Å². The van der Waals surface area contributed by atoms with Crippen LogP contribution < -0.4 is 0 Å². The molecule has 0 N–H and O–H groups in total. The summed E-state index contributed by atoms with van der Waals surface area (Å²) < 4.78 is 5.20. The van der Waals surface area contributed by atoms with Crippen molar-refractivity contribution in [1.29, 1.82) is 0 Å². The number of aliphatic imine (C=N–C) groups is 1. The van der Waals surface area contributed by atoms with Gasteiger partial charge in [-0.15, -0.1) is 0 Å². The Hall–Kier alpha value is -1.15. The van der Waals surface area contributed by atoms with E-state index in [1.54, 1.807) is 7.11 Å². The molecule has 0 spiro atoms. The van der Waals surface area contributed by atoms with Crippen LogP contribution in [0.4, 0.5) is 0 Å². The topological polar surface area (TPSA) is 21.6 Å². The van der Waals surface area contributed by atoms with Crippen LogP contribution in [0.2, 0.25) is 0 Å². The fourth-order valence-electron chi connectivity index (χ4n) is 1.58. The van der Waals surface area contributed by atoms with Crippen LogP contribution in [0, 0.1) is 0 Å². The first kappa shape index (κ1) is 8.45. The van der Waals surface area contributed by atoms with Crippen molar-refractivity contribution >= 4 is 6.21 Å². The normalized spacial score (nSPS) is 20.8. The Morgan fingerprint density at radius 1 is 1.38 bits per heavy atom. The summed E-state index contributed by atoms with van der Waals surface area (Å²) in [6.45, 7) is 0. The number of rotatable bonds is 1. The smallest absolute Gasteiger partial charge is 0.148 e. The van der Waals surface area contributed by atoms with Crippen LogP contribution in [-0.2, 0) is 11.2 Å². The highest BCUT2D eigenvalue weighted by Crippen LogP contribution is 2.15. The molecule has 0 aliphatic carbocycles. The summed E-state index contributed by atoms with van der Waals surface area (Å²) in [6.07, 6.45) is 3.97. The van der Waals surface area contributed by atoms with Crippen molar-refractivity contribution in [3.8, 4) is 0 Å². The molecule has 2 rings (SSSR count). The Balaban J connectivity index is 2.28. The summed E-state index contributed by atoms with van der Waals surface area (Å²) in [5, 5.41) is 0. The molecule has 0 aromatic heterocycles. The number of hydrogen-bond donors (Lipinski definition) is 0. The van der Waals surface area contributed by atoms with Gasteiger partial charge in [0.25, 0.3) is 0 Å². The first-order chi connectivity index (χ1) is 6.40. The second kappa shape index (κ2) is 3.71. The van der Waals surface area contributed by atoms with Gasteiger partial charge in [0.2, 0.25) is 0 Å². The van der Waals surface area contributed by atoms with Crippen molar-refractivity contribution in [2.24, 2.45) is 4.99 Å². The molecule has 68 valence electrons. The molecule has 0 fully saturated rings. The highest BCUT2D eigenvalue weighted by molar-refractivity contribution is 5.82. The highest BCUT2D eigenvalue weighted by Gasteiger charge is 2.10. The molecule has 1 heterocycles. The number of hydrogen-bond acceptors (Lipinski definition) is 2. The summed E-state index contributed by atoms with van der Waals surface area (Å²) in [5.41, 5.74) is 2.59. The minimum absolute atomic E-state index is 0.0346. The average Bonchev–Trinajstić information content (AvgIpc) is 2.39. The average molecular weight is 175 g/mol. The van der Waals surface area contributed by atoms with Crippen molar-refractivity contribution < 1.29 is 4.74 Å². The molecule has 1 atom stereocenters. The van der Waals surface area contributed by atoms with Crippen LogP contribution in [0.15, 0.2) is 29.3 Å².